The SMILES string of the molecule is CCOC(=O)N1CCN(C(=O)CSc2nc3ccccc3c(=O)n2-c2ccc(F)cc2F)CC1. The lowest BCUT2D eigenvalue weighted by atomic mass is 10.2. The number of hydrogen-bond donors (Lipinski definition) is 0. The van der Waals surface area contributed by atoms with Crippen LogP contribution in [0.4, 0.5) is 13.6 Å². The van der Waals surface area contributed by atoms with E-state index in [-0.39, 0.29) is 34.5 Å². The number of hydrogen-bond acceptors (Lipinski definition) is 6. The maximum absolute atomic E-state index is 14.6. The average Bonchev–Trinajstić information content (AvgIpc) is 2.83. The molecule has 1 saturated heterocycles. The molecule has 2 aromatic carbocycles. The number of carbonyl (C=O) groups is 2. The Kier molecular flexibility index (Phi) is 7.11. The number of amides is 2. The van der Waals surface area contributed by atoms with Gasteiger partial charge in [-0.25, -0.2) is 18.6 Å². The van der Waals surface area contributed by atoms with Gasteiger partial charge in [-0.15, -0.1) is 0 Å². The predicted molar refractivity (Wildman–Crippen MR) is 123 cm³/mol. The molecule has 0 aliphatic carbocycles. The monoisotopic (exact) mass is 488 g/mol. The minimum Gasteiger partial charge on any atom is -0.450 e. The van der Waals surface area contributed by atoms with Crippen molar-refractivity contribution in [3.8, 4) is 5.69 Å². The maximum atomic E-state index is 14.6. The van der Waals surface area contributed by atoms with Crippen LogP contribution in [0.5, 0.6) is 0 Å². The largest absolute Gasteiger partial charge is 0.450 e. The summed E-state index contributed by atoms with van der Waals surface area (Å²) in [5.41, 5.74) is -0.263. The van der Waals surface area contributed by atoms with Crippen molar-refractivity contribution < 1.29 is 23.1 Å². The second kappa shape index (κ2) is 10.2. The third-order valence-corrected chi connectivity index (χ3v) is 6.30. The number of fused-ring (bicyclic) bond motifs is 1. The van der Waals surface area contributed by atoms with Gasteiger partial charge in [0, 0.05) is 32.2 Å². The fraction of sp³-hybridized carbons (Fsp3) is 0.304. The van der Waals surface area contributed by atoms with Gasteiger partial charge in [-0.2, -0.15) is 0 Å². The lowest BCUT2D eigenvalue weighted by Crippen LogP contribution is -2.51. The Labute approximate surface area is 198 Å². The Morgan fingerprint density at radius 3 is 2.47 bits per heavy atom. The van der Waals surface area contributed by atoms with Crippen LogP contribution >= 0.6 is 11.8 Å². The van der Waals surface area contributed by atoms with Gasteiger partial charge in [0.05, 0.1) is 29.0 Å². The number of thioether (sulfide) groups is 1. The van der Waals surface area contributed by atoms with Crippen LogP contribution in [0.1, 0.15) is 6.92 Å². The lowest BCUT2D eigenvalue weighted by molar-refractivity contribution is -0.129. The summed E-state index contributed by atoms with van der Waals surface area (Å²) in [7, 11) is 0. The number of benzene rings is 2. The standard InChI is InChI=1S/C23H22F2N4O4S/c1-2-33-23(32)28-11-9-27(10-12-28)20(30)14-34-22-26-18-6-4-3-5-16(18)21(31)29(22)19-8-7-15(24)13-17(19)25/h3-8,13H,2,9-12,14H2,1H3. The summed E-state index contributed by atoms with van der Waals surface area (Å²) in [4.78, 5) is 45.5. The highest BCUT2D eigenvalue weighted by Crippen LogP contribution is 2.24. The summed E-state index contributed by atoms with van der Waals surface area (Å²) >= 11 is 0.996. The highest BCUT2D eigenvalue weighted by atomic mass is 32.2. The first kappa shape index (κ1) is 23.7. The highest BCUT2D eigenvalue weighted by Gasteiger charge is 2.25. The zero-order valence-corrected chi connectivity index (χ0v) is 19.2. The average molecular weight is 489 g/mol. The molecule has 2 amide bonds. The molecule has 0 spiro atoms. The molecule has 2 heterocycles. The first-order valence-corrected chi connectivity index (χ1v) is 11.7. The van der Waals surface area contributed by atoms with Gasteiger partial charge in [0.2, 0.25) is 5.91 Å². The number of ether oxygens (including phenoxy) is 1. The van der Waals surface area contributed by atoms with Crippen LogP contribution < -0.4 is 5.56 Å². The topological polar surface area (TPSA) is 84.7 Å². The van der Waals surface area contributed by atoms with E-state index >= 15 is 0 Å². The molecule has 0 saturated carbocycles. The van der Waals surface area contributed by atoms with E-state index in [1.807, 2.05) is 0 Å². The van der Waals surface area contributed by atoms with Crippen LogP contribution in [-0.4, -0.2) is 69.9 Å². The molecule has 1 aliphatic rings. The van der Waals surface area contributed by atoms with Crippen LogP contribution in [0.25, 0.3) is 16.6 Å². The molecule has 4 rings (SSSR count). The third-order valence-electron chi connectivity index (χ3n) is 5.38. The fourth-order valence-corrected chi connectivity index (χ4v) is 4.56. The van der Waals surface area contributed by atoms with E-state index in [0.29, 0.717) is 37.8 Å². The Morgan fingerprint density at radius 1 is 1.06 bits per heavy atom. The molecule has 1 fully saturated rings. The minimum atomic E-state index is -0.914. The minimum absolute atomic E-state index is 0.0486. The van der Waals surface area contributed by atoms with Crippen molar-refractivity contribution in [1.29, 1.82) is 0 Å². The number of rotatable bonds is 5. The van der Waals surface area contributed by atoms with Gasteiger partial charge in [-0.3, -0.25) is 14.2 Å². The molecule has 0 atom stereocenters. The first-order valence-electron chi connectivity index (χ1n) is 10.7. The first-order chi connectivity index (χ1) is 16.4. The third kappa shape index (κ3) is 4.89. The Balaban J connectivity index is 1.57. The maximum Gasteiger partial charge on any atom is 0.409 e. The van der Waals surface area contributed by atoms with E-state index in [9.17, 15) is 23.2 Å². The van der Waals surface area contributed by atoms with Crippen molar-refractivity contribution in [1.82, 2.24) is 19.4 Å². The summed E-state index contributed by atoms with van der Waals surface area (Å²) in [5.74, 6) is -1.94. The van der Waals surface area contributed by atoms with Crippen molar-refractivity contribution in [3.63, 3.8) is 0 Å². The number of piperazine rings is 1. The molecule has 8 nitrogen and oxygen atoms in total. The Morgan fingerprint density at radius 2 is 1.76 bits per heavy atom. The van der Waals surface area contributed by atoms with Gasteiger partial charge in [-0.05, 0) is 31.2 Å². The van der Waals surface area contributed by atoms with Crippen molar-refractivity contribution in [2.24, 2.45) is 0 Å². The Bertz CT molecular complexity index is 1290. The smallest absolute Gasteiger partial charge is 0.409 e. The van der Waals surface area contributed by atoms with Crippen LogP contribution in [0.15, 0.2) is 52.4 Å². The molecule has 178 valence electrons. The van der Waals surface area contributed by atoms with Gasteiger partial charge < -0.3 is 14.5 Å². The molecule has 3 aromatic rings. The molecule has 34 heavy (non-hydrogen) atoms. The summed E-state index contributed by atoms with van der Waals surface area (Å²) < 4.78 is 34.1. The van der Waals surface area contributed by atoms with Crippen LogP contribution in [-0.2, 0) is 9.53 Å². The molecule has 1 aromatic heterocycles. The van der Waals surface area contributed by atoms with E-state index in [0.717, 1.165) is 22.4 Å². The number of halogens is 2. The van der Waals surface area contributed by atoms with Gasteiger partial charge in [0.25, 0.3) is 5.56 Å². The molecular weight excluding hydrogens is 466 g/mol. The van der Waals surface area contributed by atoms with E-state index in [4.69, 9.17) is 4.74 Å². The number of aromatic nitrogens is 2. The predicted octanol–water partition coefficient (Wildman–Crippen LogP) is 3.06. The van der Waals surface area contributed by atoms with E-state index in [1.165, 1.54) is 6.07 Å². The molecular formula is C23H22F2N4O4S. The molecule has 0 unspecified atom stereocenters. The van der Waals surface area contributed by atoms with Gasteiger partial charge in [-0.1, -0.05) is 23.9 Å². The van der Waals surface area contributed by atoms with Crippen molar-refractivity contribution >= 4 is 34.7 Å². The second-order valence-corrected chi connectivity index (χ2v) is 8.45. The van der Waals surface area contributed by atoms with Crippen molar-refractivity contribution in [2.75, 3.05) is 38.5 Å². The zero-order valence-electron chi connectivity index (χ0n) is 18.4. The van der Waals surface area contributed by atoms with Gasteiger partial charge in [0.1, 0.15) is 11.6 Å². The lowest BCUT2D eigenvalue weighted by Gasteiger charge is -2.34. The van der Waals surface area contributed by atoms with Crippen molar-refractivity contribution in [3.05, 3.63) is 64.5 Å². The van der Waals surface area contributed by atoms with Crippen LogP contribution in [0.2, 0.25) is 0 Å². The second-order valence-electron chi connectivity index (χ2n) is 7.50. The van der Waals surface area contributed by atoms with E-state index < -0.39 is 23.3 Å². The number of para-hydroxylation sites is 1. The molecule has 1 aliphatic heterocycles. The summed E-state index contributed by atoms with van der Waals surface area (Å²) in [5, 5.41) is 0.393. The molecule has 0 N–H and O–H groups in total. The van der Waals surface area contributed by atoms with Gasteiger partial charge in [0.15, 0.2) is 5.16 Å². The summed E-state index contributed by atoms with van der Waals surface area (Å²) in [6, 6.07) is 9.54. The van der Waals surface area contributed by atoms with Crippen molar-refractivity contribution in [2.45, 2.75) is 12.1 Å². The molecule has 11 heteroatoms. The number of nitrogens with zero attached hydrogens (tertiary/aromatic N) is 4. The summed E-state index contributed by atoms with van der Waals surface area (Å²) in [6.45, 7) is 3.42. The van der Waals surface area contributed by atoms with E-state index in [2.05, 4.69) is 4.98 Å². The summed E-state index contributed by atoms with van der Waals surface area (Å²) in [6.07, 6.45) is -0.408. The zero-order chi connectivity index (χ0) is 24.2. The molecule has 0 radical (unpaired) electrons. The van der Waals surface area contributed by atoms with Crippen LogP contribution in [0, 0.1) is 11.6 Å². The Hall–Kier alpha value is -3.47. The number of carbonyl (C=O) groups excluding carboxylic acids is 2. The fourth-order valence-electron chi connectivity index (χ4n) is 3.65. The highest BCUT2D eigenvalue weighted by molar-refractivity contribution is 7.99. The quantitative estimate of drug-likeness (QED) is 0.406. The normalized spacial score (nSPS) is 13.9. The van der Waals surface area contributed by atoms with Gasteiger partial charge >= 0.3 is 6.09 Å². The molecule has 0 bridgehead atoms. The van der Waals surface area contributed by atoms with Crippen LogP contribution in [0.3, 0.4) is 0 Å². The van der Waals surface area contributed by atoms with E-state index in [1.54, 1.807) is 41.0 Å².